The van der Waals surface area contributed by atoms with E-state index in [4.69, 9.17) is 11.6 Å². The Labute approximate surface area is 162 Å². The van der Waals surface area contributed by atoms with Crippen LogP contribution < -0.4 is 5.32 Å². The van der Waals surface area contributed by atoms with E-state index in [-0.39, 0.29) is 5.91 Å². The lowest BCUT2D eigenvalue weighted by molar-refractivity contribution is -0.121. The lowest BCUT2D eigenvalue weighted by Gasteiger charge is -2.05. The molecular formula is C22H22ClN3O. The van der Waals surface area contributed by atoms with Crippen molar-refractivity contribution in [2.75, 3.05) is 6.54 Å². The fourth-order valence-electron chi connectivity index (χ4n) is 3.56. The van der Waals surface area contributed by atoms with Crippen molar-refractivity contribution in [3.63, 3.8) is 0 Å². The lowest BCUT2D eigenvalue weighted by Crippen LogP contribution is -2.25. The predicted molar refractivity (Wildman–Crippen MR) is 111 cm³/mol. The number of hydrogen-bond donors (Lipinski definition) is 3. The summed E-state index contributed by atoms with van der Waals surface area (Å²) in [5.41, 5.74) is 4.66. The number of para-hydroxylation sites is 1. The van der Waals surface area contributed by atoms with Crippen LogP contribution in [0.25, 0.3) is 21.8 Å². The number of amides is 1. The first kappa shape index (κ1) is 17.7. The predicted octanol–water partition coefficient (Wildman–Crippen LogP) is 4.98. The second kappa shape index (κ2) is 7.89. The van der Waals surface area contributed by atoms with E-state index < -0.39 is 0 Å². The first-order valence-electron chi connectivity index (χ1n) is 9.28. The second-order valence-corrected chi connectivity index (χ2v) is 7.25. The molecule has 1 amide bonds. The maximum atomic E-state index is 12.1. The number of hydrogen-bond acceptors (Lipinski definition) is 1. The lowest BCUT2D eigenvalue weighted by atomic mass is 10.1. The van der Waals surface area contributed by atoms with Crippen LogP contribution in [-0.2, 0) is 17.6 Å². The highest BCUT2D eigenvalue weighted by molar-refractivity contribution is 6.31. The van der Waals surface area contributed by atoms with Crippen LogP contribution in [0.4, 0.5) is 0 Å². The van der Waals surface area contributed by atoms with Gasteiger partial charge in [-0.2, -0.15) is 0 Å². The molecule has 0 unspecified atom stereocenters. The third-order valence-corrected chi connectivity index (χ3v) is 5.21. The van der Waals surface area contributed by atoms with Gasteiger partial charge >= 0.3 is 0 Å². The molecule has 27 heavy (non-hydrogen) atoms. The maximum absolute atomic E-state index is 12.1. The topological polar surface area (TPSA) is 60.7 Å². The fraction of sp³-hybridized carbons (Fsp3) is 0.227. The molecule has 0 aliphatic heterocycles. The third kappa shape index (κ3) is 4.01. The second-order valence-electron chi connectivity index (χ2n) is 6.82. The Morgan fingerprint density at radius 3 is 2.52 bits per heavy atom. The molecule has 2 heterocycles. The van der Waals surface area contributed by atoms with Crippen LogP contribution in [0.3, 0.4) is 0 Å². The first-order chi connectivity index (χ1) is 13.2. The molecule has 0 saturated heterocycles. The van der Waals surface area contributed by atoms with Gasteiger partial charge in [-0.15, -0.1) is 0 Å². The summed E-state index contributed by atoms with van der Waals surface area (Å²) in [7, 11) is 0. The van der Waals surface area contributed by atoms with E-state index in [0.29, 0.717) is 13.0 Å². The maximum Gasteiger partial charge on any atom is 0.220 e. The third-order valence-electron chi connectivity index (χ3n) is 4.97. The zero-order valence-electron chi connectivity index (χ0n) is 15.0. The number of halogens is 1. The number of fused-ring (bicyclic) bond motifs is 2. The van der Waals surface area contributed by atoms with Gasteiger partial charge < -0.3 is 15.3 Å². The molecule has 4 rings (SSSR count). The molecule has 0 spiro atoms. The van der Waals surface area contributed by atoms with Crippen molar-refractivity contribution in [3.8, 4) is 0 Å². The van der Waals surface area contributed by atoms with Crippen LogP contribution in [0, 0.1) is 0 Å². The number of aromatic nitrogens is 2. The Bertz CT molecular complexity index is 1080. The van der Waals surface area contributed by atoms with Gasteiger partial charge in [0.2, 0.25) is 5.91 Å². The van der Waals surface area contributed by atoms with E-state index >= 15 is 0 Å². The fourth-order valence-corrected chi connectivity index (χ4v) is 3.73. The first-order valence-corrected chi connectivity index (χ1v) is 9.66. The number of aromatic amines is 2. The van der Waals surface area contributed by atoms with Gasteiger partial charge in [0.1, 0.15) is 0 Å². The van der Waals surface area contributed by atoms with Gasteiger partial charge in [-0.05, 0) is 54.7 Å². The van der Waals surface area contributed by atoms with Crippen molar-refractivity contribution < 1.29 is 4.79 Å². The molecule has 0 radical (unpaired) electrons. The average Bonchev–Trinajstić information content (AvgIpc) is 3.26. The zero-order chi connectivity index (χ0) is 18.6. The Kier molecular flexibility index (Phi) is 5.16. The van der Waals surface area contributed by atoms with Gasteiger partial charge in [0.25, 0.3) is 0 Å². The molecule has 0 bridgehead atoms. The Morgan fingerprint density at radius 1 is 0.926 bits per heavy atom. The van der Waals surface area contributed by atoms with Gasteiger partial charge in [0.15, 0.2) is 0 Å². The molecule has 0 aliphatic rings. The monoisotopic (exact) mass is 379 g/mol. The summed E-state index contributed by atoms with van der Waals surface area (Å²) in [4.78, 5) is 18.7. The number of rotatable bonds is 7. The molecule has 0 aliphatic carbocycles. The molecule has 5 heteroatoms. The number of nitrogens with one attached hydrogen (secondary N) is 3. The van der Waals surface area contributed by atoms with Crippen molar-refractivity contribution >= 4 is 39.3 Å². The van der Waals surface area contributed by atoms with E-state index in [1.54, 1.807) is 0 Å². The van der Waals surface area contributed by atoms with Crippen LogP contribution in [0.5, 0.6) is 0 Å². The normalized spacial score (nSPS) is 11.3. The minimum absolute atomic E-state index is 0.104. The van der Waals surface area contributed by atoms with E-state index in [1.165, 1.54) is 16.5 Å². The van der Waals surface area contributed by atoms with Gasteiger partial charge in [-0.25, -0.2) is 0 Å². The summed E-state index contributed by atoms with van der Waals surface area (Å²) in [6, 6.07) is 14.1. The quantitative estimate of drug-likeness (QED) is 0.416. The van der Waals surface area contributed by atoms with E-state index in [2.05, 4.69) is 27.4 Å². The molecule has 2 aromatic carbocycles. The molecule has 0 atom stereocenters. The molecule has 2 aromatic heterocycles. The van der Waals surface area contributed by atoms with Crippen molar-refractivity contribution in [1.29, 1.82) is 0 Å². The van der Waals surface area contributed by atoms with Gasteiger partial charge in [0, 0.05) is 52.2 Å². The van der Waals surface area contributed by atoms with E-state index in [1.807, 2.05) is 42.7 Å². The summed E-state index contributed by atoms with van der Waals surface area (Å²) in [5.74, 6) is 0.104. The highest BCUT2D eigenvalue weighted by atomic mass is 35.5. The molecular weight excluding hydrogens is 358 g/mol. The van der Waals surface area contributed by atoms with E-state index in [0.717, 1.165) is 40.7 Å². The highest BCUT2D eigenvalue weighted by Crippen LogP contribution is 2.22. The number of aryl methyl sites for hydroxylation is 1. The van der Waals surface area contributed by atoms with Crippen molar-refractivity contribution in [2.24, 2.45) is 0 Å². The van der Waals surface area contributed by atoms with Crippen LogP contribution in [0.2, 0.25) is 5.02 Å². The van der Waals surface area contributed by atoms with Gasteiger partial charge in [-0.1, -0.05) is 29.8 Å². The van der Waals surface area contributed by atoms with Gasteiger partial charge in [-0.3, -0.25) is 4.79 Å². The van der Waals surface area contributed by atoms with Crippen LogP contribution >= 0.6 is 11.6 Å². The molecule has 0 fully saturated rings. The van der Waals surface area contributed by atoms with Crippen LogP contribution in [-0.4, -0.2) is 22.4 Å². The Balaban J connectivity index is 1.24. The van der Waals surface area contributed by atoms with Crippen molar-refractivity contribution in [3.05, 3.63) is 71.0 Å². The summed E-state index contributed by atoms with van der Waals surface area (Å²) in [6.45, 7) is 0.630. The highest BCUT2D eigenvalue weighted by Gasteiger charge is 2.07. The standard InChI is InChI=1S/C22H22ClN3O/c23-17-8-9-21-19(12-17)16(14-26-21)10-11-24-22(27)7-3-4-15-13-25-20-6-2-1-5-18(15)20/h1-2,5-6,8-9,12-14,25-26H,3-4,7,10-11H2,(H,24,27). The summed E-state index contributed by atoms with van der Waals surface area (Å²) < 4.78 is 0. The Morgan fingerprint density at radius 2 is 1.67 bits per heavy atom. The molecule has 4 nitrogen and oxygen atoms in total. The molecule has 0 saturated carbocycles. The Hall–Kier alpha value is -2.72. The number of benzene rings is 2. The van der Waals surface area contributed by atoms with Crippen molar-refractivity contribution in [1.82, 2.24) is 15.3 Å². The SMILES string of the molecule is O=C(CCCc1c[nH]c2ccccc12)NCCc1c[nH]c2ccc(Cl)cc12. The molecule has 3 N–H and O–H groups in total. The minimum atomic E-state index is 0.104. The molecule has 138 valence electrons. The largest absolute Gasteiger partial charge is 0.361 e. The van der Waals surface area contributed by atoms with Crippen LogP contribution in [0.15, 0.2) is 54.9 Å². The molecule has 4 aromatic rings. The smallest absolute Gasteiger partial charge is 0.220 e. The average molecular weight is 380 g/mol. The van der Waals surface area contributed by atoms with Crippen LogP contribution in [0.1, 0.15) is 24.0 Å². The number of H-pyrrole nitrogens is 2. The summed E-state index contributed by atoms with van der Waals surface area (Å²) in [5, 5.41) is 6.12. The number of carbonyl (C=O) groups is 1. The summed E-state index contributed by atoms with van der Waals surface area (Å²) in [6.07, 6.45) is 7.11. The number of carbonyl (C=O) groups excluding carboxylic acids is 1. The minimum Gasteiger partial charge on any atom is -0.361 e. The summed E-state index contributed by atoms with van der Waals surface area (Å²) >= 11 is 6.08. The van der Waals surface area contributed by atoms with Gasteiger partial charge in [0.05, 0.1) is 0 Å². The van der Waals surface area contributed by atoms with Crippen molar-refractivity contribution in [2.45, 2.75) is 25.7 Å². The van der Waals surface area contributed by atoms with E-state index in [9.17, 15) is 4.79 Å². The zero-order valence-corrected chi connectivity index (χ0v) is 15.8.